The van der Waals surface area contributed by atoms with Crippen molar-refractivity contribution in [3.63, 3.8) is 0 Å². The van der Waals surface area contributed by atoms with Gasteiger partial charge >= 0.3 is 6.18 Å². The average molecular weight is 228 g/mol. The molecule has 0 spiro atoms. The number of alkyl halides is 3. The third-order valence-electron chi connectivity index (χ3n) is 2.37. The number of aromatic amines is 1. The Hall–Kier alpha value is -1.52. The molecule has 0 amide bonds. The van der Waals surface area contributed by atoms with Gasteiger partial charge < -0.3 is 4.98 Å². The minimum atomic E-state index is -4.22. The van der Waals surface area contributed by atoms with Crippen molar-refractivity contribution in [2.75, 3.05) is 0 Å². The number of rotatable bonds is 2. The first-order valence-electron chi connectivity index (χ1n) is 5.02. The molecule has 1 N–H and O–H groups in total. The summed E-state index contributed by atoms with van der Waals surface area (Å²) >= 11 is 0. The van der Waals surface area contributed by atoms with Crippen LogP contribution in [-0.2, 0) is 12.8 Å². The highest BCUT2D eigenvalue weighted by Gasteiger charge is 2.29. The number of benzene rings is 1. The summed E-state index contributed by atoms with van der Waals surface area (Å²) in [6.45, 7) is 1.99. The van der Waals surface area contributed by atoms with Gasteiger partial charge in [-0.05, 0) is 24.1 Å². The van der Waals surface area contributed by atoms with E-state index >= 15 is 0 Å². The summed E-state index contributed by atoms with van der Waals surface area (Å²) in [4.78, 5) is 6.59. The van der Waals surface area contributed by atoms with Crippen LogP contribution < -0.4 is 0 Å². The van der Waals surface area contributed by atoms with Crippen LogP contribution in [0.25, 0.3) is 11.0 Å². The molecule has 1 aromatic heterocycles. The smallest absolute Gasteiger partial charge is 0.342 e. The number of nitrogens with one attached hydrogen (secondary N) is 1. The quantitative estimate of drug-likeness (QED) is 0.839. The van der Waals surface area contributed by atoms with Crippen LogP contribution in [0.15, 0.2) is 18.2 Å². The normalized spacial score (nSPS) is 12.2. The Morgan fingerprint density at radius 2 is 2.06 bits per heavy atom. The SMILES string of the molecule is CCc1ccc2nc(CC(F)(F)F)[nH]c2c1. The van der Waals surface area contributed by atoms with E-state index in [4.69, 9.17) is 0 Å². The molecule has 0 aliphatic carbocycles. The maximum Gasteiger partial charge on any atom is 0.396 e. The average Bonchev–Trinajstić information content (AvgIpc) is 2.55. The number of aromatic nitrogens is 2. The minimum Gasteiger partial charge on any atom is -0.342 e. The van der Waals surface area contributed by atoms with E-state index in [2.05, 4.69) is 9.97 Å². The van der Waals surface area contributed by atoms with Gasteiger partial charge in [-0.15, -0.1) is 0 Å². The van der Waals surface area contributed by atoms with E-state index in [9.17, 15) is 13.2 Å². The fourth-order valence-electron chi connectivity index (χ4n) is 1.60. The molecule has 0 aliphatic rings. The molecule has 86 valence electrons. The molecule has 2 rings (SSSR count). The Labute approximate surface area is 90.5 Å². The molecular formula is C11H11F3N2. The molecule has 0 aliphatic heterocycles. The zero-order chi connectivity index (χ0) is 11.8. The first kappa shape index (κ1) is 11.0. The van der Waals surface area contributed by atoms with Gasteiger partial charge in [0.05, 0.1) is 11.0 Å². The molecule has 0 unspecified atom stereocenters. The van der Waals surface area contributed by atoms with Gasteiger partial charge in [0.15, 0.2) is 0 Å². The summed E-state index contributed by atoms with van der Waals surface area (Å²) in [6.07, 6.45) is -4.38. The number of H-pyrrole nitrogens is 1. The number of hydrogen-bond donors (Lipinski definition) is 1. The van der Waals surface area contributed by atoms with E-state index < -0.39 is 12.6 Å². The van der Waals surface area contributed by atoms with Gasteiger partial charge in [-0.2, -0.15) is 13.2 Å². The summed E-state index contributed by atoms with van der Waals surface area (Å²) < 4.78 is 36.5. The topological polar surface area (TPSA) is 28.7 Å². The molecule has 0 bridgehead atoms. The van der Waals surface area contributed by atoms with Crippen molar-refractivity contribution in [2.45, 2.75) is 25.9 Å². The van der Waals surface area contributed by atoms with Crippen molar-refractivity contribution in [3.05, 3.63) is 29.6 Å². The Morgan fingerprint density at radius 3 is 2.69 bits per heavy atom. The summed E-state index contributed by atoms with van der Waals surface area (Å²) in [5, 5.41) is 0. The van der Waals surface area contributed by atoms with Crippen LogP contribution in [0.4, 0.5) is 13.2 Å². The first-order valence-corrected chi connectivity index (χ1v) is 5.02. The molecule has 2 aromatic rings. The standard InChI is InChI=1S/C11H11F3N2/c1-2-7-3-4-8-9(5-7)16-10(15-8)6-11(12,13)14/h3-5H,2,6H2,1H3,(H,15,16). The van der Waals surface area contributed by atoms with Gasteiger partial charge in [-0.1, -0.05) is 13.0 Å². The lowest BCUT2D eigenvalue weighted by atomic mass is 10.1. The largest absolute Gasteiger partial charge is 0.396 e. The molecule has 0 saturated carbocycles. The summed E-state index contributed by atoms with van der Waals surface area (Å²) in [7, 11) is 0. The van der Waals surface area contributed by atoms with Crippen LogP contribution >= 0.6 is 0 Å². The van der Waals surface area contributed by atoms with Crippen LogP contribution in [0.1, 0.15) is 18.3 Å². The van der Waals surface area contributed by atoms with Crippen molar-refractivity contribution in [1.82, 2.24) is 9.97 Å². The van der Waals surface area contributed by atoms with E-state index in [1.165, 1.54) is 0 Å². The Morgan fingerprint density at radius 1 is 1.31 bits per heavy atom. The highest BCUT2D eigenvalue weighted by atomic mass is 19.4. The number of halogens is 3. The summed E-state index contributed by atoms with van der Waals surface area (Å²) in [5.74, 6) is -0.0317. The molecule has 2 nitrogen and oxygen atoms in total. The highest BCUT2D eigenvalue weighted by Crippen LogP contribution is 2.22. The van der Waals surface area contributed by atoms with Crippen LogP contribution in [-0.4, -0.2) is 16.1 Å². The zero-order valence-corrected chi connectivity index (χ0v) is 8.73. The second kappa shape index (κ2) is 3.81. The van der Waals surface area contributed by atoms with Crippen molar-refractivity contribution < 1.29 is 13.2 Å². The molecule has 0 radical (unpaired) electrons. The van der Waals surface area contributed by atoms with Gasteiger partial charge in [-0.3, -0.25) is 0 Å². The molecule has 5 heteroatoms. The number of imidazole rings is 1. The lowest BCUT2D eigenvalue weighted by Crippen LogP contribution is -2.12. The Balaban J connectivity index is 2.36. The van der Waals surface area contributed by atoms with E-state index in [-0.39, 0.29) is 5.82 Å². The maximum atomic E-state index is 12.2. The van der Waals surface area contributed by atoms with Gasteiger partial charge in [0, 0.05) is 0 Å². The lowest BCUT2D eigenvalue weighted by molar-refractivity contribution is -0.128. The van der Waals surface area contributed by atoms with Crippen LogP contribution in [0.3, 0.4) is 0 Å². The number of nitrogens with zero attached hydrogens (tertiary/aromatic N) is 1. The predicted molar refractivity (Wildman–Crippen MR) is 55.2 cm³/mol. The Bertz CT molecular complexity index is 499. The zero-order valence-electron chi connectivity index (χ0n) is 8.73. The first-order chi connectivity index (χ1) is 7.48. The molecule has 1 aromatic carbocycles. The van der Waals surface area contributed by atoms with Gasteiger partial charge in [-0.25, -0.2) is 4.98 Å². The van der Waals surface area contributed by atoms with Crippen molar-refractivity contribution >= 4 is 11.0 Å². The molecular weight excluding hydrogens is 217 g/mol. The Kier molecular flexibility index (Phi) is 2.61. The van der Waals surface area contributed by atoms with E-state index in [1.54, 1.807) is 6.07 Å². The molecule has 0 fully saturated rings. The third-order valence-corrected chi connectivity index (χ3v) is 2.37. The van der Waals surface area contributed by atoms with Gasteiger partial charge in [0.2, 0.25) is 0 Å². The monoisotopic (exact) mass is 228 g/mol. The second-order valence-electron chi connectivity index (χ2n) is 3.68. The van der Waals surface area contributed by atoms with Crippen LogP contribution in [0.5, 0.6) is 0 Å². The molecule has 1 heterocycles. The van der Waals surface area contributed by atoms with E-state index in [0.29, 0.717) is 11.0 Å². The van der Waals surface area contributed by atoms with Crippen molar-refractivity contribution in [2.24, 2.45) is 0 Å². The second-order valence-corrected chi connectivity index (χ2v) is 3.68. The number of hydrogen-bond acceptors (Lipinski definition) is 1. The fourth-order valence-corrected chi connectivity index (χ4v) is 1.60. The van der Waals surface area contributed by atoms with E-state index in [1.807, 2.05) is 19.1 Å². The van der Waals surface area contributed by atoms with E-state index in [0.717, 1.165) is 12.0 Å². The van der Waals surface area contributed by atoms with Crippen LogP contribution in [0, 0.1) is 0 Å². The minimum absolute atomic E-state index is 0.0317. The summed E-state index contributed by atoms with van der Waals surface area (Å²) in [6, 6.07) is 5.45. The molecule has 0 atom stereocenters. The molecule has 16 heavy (non-hydrogen) atoms. The third kappa shape index (κ3) is 2.35. The lowest BCUT2D eigenvalue weighted by Gasteiger charge is -2.01. The number of fused-ring (bicyclic) bond motifs is 1. The maximum absolute atomic E-state index is 12.2. The fraction of sp³-hybridized carbons (Fsp3) is 0.364. The summed E-state index contributed by atoms with van der Waals surface area (Å²) in [5.41, 5.74) is 2.32. The van der Waals surface area contributed by atoms with Gasteiger partial charge in [0.1, 0.15) is 12.2 Å². The van der Waals surface area contributed by atoms with Crippen LogP contribution in [0.2, 0.25) is 0 Å². The predicted octanol–water partition coefficient (Wildman–Crippen LogP) is 3.23. The van der Waals surface area contributed by atoms with Crippen molar-refractivity contribution in [1.29, 1.82) is 0 Å². The van der Waals surface area contributed by atoms with Gasteiger partial charge in [0.25, 0.3) is 0 Å². The highest BCUT2D eigenvalue weighted by molar-refractivity contribution is 5.75. The number of aryl methyl sites for hydroxylation is 1. The van der Waals surface area contributed by atoms with Crippen molar-refractivity contribution in [3.8, 4) is 0 Å². The molecule has 0 saturated heterocycles.